The highest BCUT2D eigenvalue weighted by Gasteiger charge is 2.19. The van der Waals surface area contributed by atoms with E-state index in [0.717, 1.165) is 37.4 Å². The van der Waals surface area contributed by atoms with Gasteiger partial charge in [-0.3, -0.25) is 15.0 Å². The van der Waals surface area contributed by atoms with Gasteiger partial charge in [0.05, 0.1) is 0 Å². The predicted molar refractivity (Wildman–Crippen MR) is 147 cm³/mol. The maximum absolute atomic E-state index is 12.9. The van der Waals surface area contributed by atoms with Crippen LogP contribution in [0.15, 0.2) is 41.3 Å². The van der Waals surface area contributed by atoms with Crippen LogP contribution in [0.3, 0.4) is 0 Å². The van der Waals surface area contributed by atoms with Gasteiger partial charge in [-0.2, -0.15) is 4.98 Å². The molecule has 1 aromatic carbocycles. The second-order valence-electron chi connectivity index (χ2n) is 9.56. The van der Waals surface area contributed by atoms with Crippen LogP contribution in [-0.2, 0) is 11.3 Å². The van der Waals surface area contributed by atoms with Crippen molar-refractivity contribution >= 4 is 40.1 Å². The van der Waals surface area contributed by atoms with E-state index < -0.39 is 0 Å². The Labute approximate surface area is 216 Å². The molecule has 0 spiro atoms. The summed E-state index contributed by atoms with van der Waals surface area (Å²) in [6, 6.07) is 6.14. The number of carbonyl (C=O) groups excluding carboxylic acids is 1. The molecule has 1 saturated heterocycles. The van der Waals surface area contributed by atoms with Crippen molar-refractivity contribution in [2.24, 2.45) is 0 Å². The first-order valence-electron chi connectivity index (χ1n) is 12.5. The van der Waals surface area contributed by atoms with Gasteiger partial charge in [0.25, 0.3) is 5.56 Å². The standard InChI is InChI=1S/C26H35N9O2/c1-6-34-25(37)20-16-28-26(31-24(20)35(34)22(27)9-10-23(36)29-17(2)3)30-19-7-8-21(18(4)15-19)33-13-11-32(5)12-14-33/h7-10,15-17,27H,6,11-14H2,1-5H3,(H,29,36)(H,28,30,31)/b10-9-,27-22?. The number of nitrogens with zero attached hydrogens (tertiary/aromatic N) is 6. The quantitative estimate of drug-likeness (QED) is 0.256. The van der Waals surface area contributed by atoms with Crippen molar-refractivity contribution in [3.05, 3.63) is 52.5 Å². The molecule has 0 bridgehead atoms. The molecular weight excluding hydrogens is 470 g/mol. The van der Waals surface area contributed by atoms with E-state index in [-0.39, 0.29) is 23.3 Å². The number of benzene rings is 1. The van der Waals surface area contributed by atoms with E-state index in [1.165, 1.54) is 33.4 Å². The van der Waals surface area contributed by atoms with Crippen molar-refractivity contribution in [1.82, 2.24) is 29.5 Å². The summed E-state index contributed by atoms with van der Waals surface area (Å²) in [4.78, 5) is 38.6. The lowest BCUT2D eigenvalue weighted by molar-refractivity contribution is -0.116. The first kappa shape index (κ1) is 26.1. The van der Waals surface area contributed by atoms with Crippen molar-refractivity contribution in [3.8, 4) is 0 Å². The first-order chi connectivity index (χ1) is 17.7. The third kappa shape index (κ3) is 5.72. The van der Waals surface area contributed by atoms with Gasteiger partial charge in [-0.25, -0.2) is 14.3 Å². The molecule has 3 aromatic rings. The summed E-state index contributed by atoms with van der Waals surface area (Å²) in [7, 11) is 2.14. The summed E-state index contributed by atoms with van der Waals surface area (Å²) < 4.78 is 2.82. The zero-order chi connectivity index (χ0) is 26.7. The fourth-order valence-electron chi connectivity index (χ4n) is 4.44. The largest absolute Gasteiger partial charge is 0.369 e. The minimum absolute atomic E-state index is 0.0202. The number of hydrogen-bond acceptors (Lipinski definition) is 8. The summed E-state index contributed by atoms with van der Waals surface area (Å²) >= 11 is 0. The van der Waals surface area contributed by atoms with Crippen LogP contribution in [0.1, 0.15) is 26.3 Å². The average molecular weight is 506 g/mol. The molecule has 0 saturated carbocycles. The molecule has 4 rings (SSSR count). The SMILES string of the molecule is CCn1c(=O)c2cnc(Nc3ccc(N4CCN(C)CC4)c(C)c3)nc2n1C(=N)/C=C\C(=O)NC(C)C. The Bertz CT molecular complexity index is 1400. The molecule has 0 aliphatic carbocycles. The maximum atomic E-state index is 12.9. The lowest BCUT2D eigenvalue weighted by Gasteiger charge is -2.35. The average Bonchev–Trinajstić information content (AvgIpc) is 3.14. The van der Waals surface area contributed by atoms with E-state index in [0.29, 0.717) is 23.5 Å². The molecule has 1 amide bonds. The fourth-order valence-corrected chi connectivity index (χ4v) is 4.44. The van der Waals surface area contributed by atoms with E-state index in [1.54, 1.807) is 0 Å². The Morgan fingerprint density at radius 3 is 2.57 bits per heavy atom. The molecule has 11 heteroatoms. The summed E-state index contributed by atoms with van der Waals surface area (Å²) in [5.41, 5.74) is 3.20. The number of anilines is 3. The van der Waals surface area contributed by atoms with Gasteiger partial charge in [-0.05, 0) is 64.6 Å². The molecule has 1 aliphatic rings. The van der Waals surface area contributed by atoms with E-state index in [4.69, 9.17) is 5.41 Å². The second-order valence-corrected chi connectivity index (χ2v) is 9.56. The Kier molecular flexibility index (Phi) is 7.72. The molecule has 37 heavy (non-hydrogen) atoms. The minimum Gasteiger partial charge on any atom is -0.369 e. The molecule has 0 unspecified atom stereocenters. The van der Waals surface area contributed by atoms with Gasteiger partial charge in [-0.15, -0.1) is 0 Å². The summed E-state index contributed by atoms with van der Waals surface area (Å²) in [5.74, 6) is -0.0468. The van der Waals surface area contributed by atoms with Crippen molar-refractivity contribution in [2.75, 3.05) is 43.4 Å². The number of allylic oxidation sites excluding steroid dienone is 1. The molecule has 1 aliphatic heterocycles. The topological polar surface area (TPSA) is 124 Å². The van der Waals surface area contributed by atoms with Crippen LogP contribution < -0.4 is 21.1 Å². The number of rotatable bonds is 7. The van der Waals surface area contributed by atoms with Crippen LogP contribution in [0.4, 0.5) is 17.3 Å². The lowest BCUT2D eigenvalue weighted by Crippen LogP contribution is -2.44. The number of hydrogen-bond donors (Lipinski definition) is 3. The monoisotopic (exact) mass is 505 g/mol. The predicted octanol–water partition coefficient (Wildman–Crippen LogP) is 2.32. The Balaban J connectivity index is 1.61. The van der Waals surface area contributed by atoms with Crippen LogP contribution in [0.5, 0.6) is 0 Å². The van der Waals surface area contributed by atoms with Gasteiger partial charge in [0.2, 0.25) is 11.9 Å². The number of piperazine rings is 1. The van der Waals surface area contributed by atoms with Crippen LogP contribution in [0.25, 0.3) is 11.0 Å². The van der Waals surface area contributed by atoms with Gasteiger partial charge in [0.15, 0.2) is 5.65 Å². The molecule has 0 radical (unpaired) electrons. The zero-order valence-corrected chi connectivity index (χ0v) is 22.1. The smallest absolute Gasteiger partial charge is 0.278 e. The van der Waals surface area contributed by atoms with Gasteiger partial charge in [0, 0.05) is 62.4 Å². The summed E-state index contributed by atoms with van der Waals surface area (Å²) in [5, 5.41) is 14.8. The van der Waals surface area contributed by atoms with Crippen molar-refractivity contribution < 1.29 is 4.79 Å². The highest BCUT2D eigenvalue weighted by atomic mass is 16.1. The molecule has 196 valence electrons. The number of nitrogens with one attached hydrogen (secondary N) is 3. The number of aromatic nitrogens is 4. The third-order valence-corrected chi connectivity index (χ3v) is 6.32. The van der Waals surface area contributed by atoms with Crippen molar-refractivity contribution in [1.29, 1.82) is 5.41 Å². The third-order valence-electron chi connectivity index (χ3n) is 6.32. The van der Waals surface area contributed by atoms with Crippen LogP contribution in [-0.4, -0.2) is 75.2 Å². The van der Waals surface area contributed by atoms with E-state index in [2.05, 4.69) is 56.5 Å². The molecule has 3 heterocycles. The molecule has 0 atom stereocenters. The molecular formula is C26H35N9O2. The Morgan fingerprint density at radius 2 is 1.92 bits per heavy atom. The molecule has 1 fully saturated rings. The Morgan fingerprint density at radius 1 is 1.19 bits per heavy atom. The maximum Gasteiger partial charge on any atom is 0.278 e. The first-order valence-corrected chi connectivity index (χ1v) is 12.5. The molecule has 11 nitrogen and oxygen atoms in total. The lowest BCUT2D eigenvalue weighted by atomic mass is 10.1. The van der Waals surface area contributed by atoms with E-state index in [9.17, 15) is 9.59 Å². The van der Waals surface area contributed by atoms with Crippen LogP contribution in [0, 0.1) is 12.3 Å². The summed E-state index contributed by atoms with van der Waals surface area (Å²) in [6.07, 6.45) is 4.12. The van der Waals surface area contributed by atoms with Crippen molar-refractivity contribution in [2.45, 2.75) is 40.3 Å². The Hall–Kier alpha value is -3.99. The summed E-state index contributed by atoms with van der Waals surface area (Å²) in [6.45, 7) is 12.0. The van der Waals surface area contributed by atoms with Crippen LogP contribution in [0.2, 0.25) is 0 Å². The highest BCUT2D eigenvalue weighted by molar-refractivity contribution is 6.01. The van der Waals surface area contributed by atoms with Crippen molar-refractivity contribution in [3.63, 3.8) is 0 Å². The van der Waals surface area contributed by atoms with Gasteiger partial charge < -0.3 is 20.4 Å². The number of fused-ring (bicyclic) bond motifs is 1. The van der Waals surface area contributed by atoms with E-state index >= 15 is 0 Å². The number of amides is 1. The second kappa shape index (κ2) is 11.0. The molecule has 3 N–H and O–H groups in total. The normalized spacial score (nSPS) is 14.6. The highest BCUT2D eigenvalue weighted by Crippen LogP contribution is 2.26. The fraction of sp³-hybridized carbons (Fsp3) is 0.423. The van der Waals surface area contributed by atoms with E-state index in [1.807, 2.05) is 26.8 Å². The minimum atomic E-state index is -0.311. The van der Waals surface area contributed by atoms with Gasteiger partial charge >= 0.3 is 0 Å². The van der Waals surface area contributed by atoms with Gasteiger partial charge in [-0.1, -0.05) is 0 Å². The van der Waals surface area contributed by atoms with Crippen LogP contribution >= 0.6 is 0 Å². The molecule has 2 aromatic heterocycles. The zero-order valence-electron chi connectivity index (χ0n) is 22.1. The van der Waals surface area contributed by atoms with Gasteiger partial charge in [0.1, 0.15) is 11.2 Å². The number of aryl methyl sites for hydroxylation is 1. The number of carbonyl (C=O) groups is 1. The number of likely N-dealkylation sites (N-methyl/N-ethyl adjacent to an activating group) is 1.